The molecule has 0 amide bonds. The monoisotopic (exact) mass is 488 g/mol. The summed E-state index contributed by atoms with van der Waals surface area (Å²) in [5, 5.41) is 31.0. The van der Waals surface area contributed by atoms with E-state index in [1.807, 2.05) is 6.92 Å². The minimum atomic E-state index is -1.13. The quantitative estimate of drug-likeness (QED) is 0.521. The SMILES string of the molecule is CC1=C(CO)C(=O)O[C@@H]([C@@H](C)C2CC[C@H]3[C@@H]4CO[C@@]5(C)[C@@H](O)C=CC(=O)[C@]5(CO)[C@H]4CC[C@]23C)C1. The molecular weight excluding hydrogens is 448 g/mol. The number of esters is 1. The van der Waals surface area contributed by atoms with Crippen LogP contribution in [0.5, 0.6) is 0 Å². The molecule has 1 saturated heterocycles. The molecule has 3 aliphatic carbocycles. The lowest BCUT2D eigenvalue weighted by Gasteiger charge is -2.63. The van der Waals surface area contributed by atoms with Crippen LogP contribution in [0.3, 0.4) is 0 Å². The fraction of sp³-hybridized carbons (Fsp3) is 0.786. The Morgan fingerprint density at radius 3 is 2.54 bits per heavy atom. The maximum Gasteiger partial charge on any atom is 0.336 e. The van der Waals surface area contributed by atoms with Crippen LogP contribution in [0.25, 0.3) is 0 Å². The van der Waals surface area contributed by atoms with Crippen molar-refractivity contribution in [3.05, 3.63) is 23.3 Å². The molecule has 2 heterocycles. The van der Waals surface area contributed by atoms with Crippen molar-refractivity contribution in [3.63, 3.8) is 0 Å². The van der Waals surface area contributed by atoms with E-state index in [9.17, 15) is 24.9 Å². The average molecular weight is 489 g/mol. The molecule has 5 rings (SSSR count). The van der Waals surface area contributed by atoms with E-state index in [0.717, 1.165) is 31.3 Å². The van der Waals surface area contributed by atoms with Crippen molar-refractivity contribution in [2.24, 2.45) is 40.4 Å². The number of ether oxygens (including phenoxy) is 2. The van der Waals surface area contributed by atoms with E-state index >= 15 is 0 Å². The van der Waals surface area contributed by atoms with Gasteiger partial charge in [0.2, 0.25) is 0 Å². The van der Waals surface area contributed by atoms with Crippen LogP contribution in [0.1, 0.15) is 59.8 Å². The Kier molecular flexibility index (Phi) is 6.11. The summed E-state index contributed by atoms with van der Waals surface area (Å²) in [6.07, 6.45) is 6.22. The zero-order valence-corrected chi connectivity index (χ0v) is 21.3. The van der Waals surface area contributed by atoms with Gasteiger partial charge >= 0.3 is 5.97 Å². The third kappa shape index (κ3) is 3.24. The molecule has 0 aromatic heterocycles. The van der Waals surface area contributed by atoms with E-state index in [0.29, 0.717) is 30.4 Å². The number of allylic oxidation sites excluding steroid dienone is 1. The van der Waals surface area contributed by atoms with Gasteiger partial charge < -0.3 is 24.8 Å². The van der Waals surface area contributed by atoms with E-state index in [1.54, 1.807) is 6.92 Å². The Hall–Kier alpha value is -1.54. The molecule has 7 nitrogen and oxygen atoms in total. The molecular formula is C28H40O7. The number of hydrogen-bond donors (Lipinski definition) is 3. The van der Waals surface area contributed by atoms with Gasteiger partial charge in [-0.1, -0.05) is 19.4 Å². The predicted molar refractivity (Wildman–Crippen MR) is 128 cm³/mol. The van der Waals surface area contributed by atoms with Crippen molar-refractivity contribution in [3.8, 4) is 0 Å². The molecule has 10 atom stereocenters. The smallest absolute Gasteiger partial charge is 0.336 e. The Morgan fingerprint density at radius 2 is 1.89 bits per heavy atom. The third-order valence-corrected chi connectivity index (χ3v) is 11.2. The van der Waals surface area contributed by atoms with Gasteiger partial charge in [-0.3, -0.25) is 4.79 Å². The van der Waals surface area contributed by atoms with Gasteiger partial charge in [0.25, 0.3) is 0 Å². The number of aliphatic hydroxyl groups is 3. The first-order chi connectivity index (χ1) is 16.5. The molecule has 2 saturated carbocycles. The highest BCUT2D eigenvalue weighted by atomic mass is 16.5. The number of ketones is 1. The second-order valence-corrected chi connectivity index (χ2v) is 12.2. The number of carbonyl (C=O) groups excluding carboxylic acids is 2. The lowest BCUT2D eigenvalue weighted by Crippen LogP contribution is -2.71. The second-order valence-electron chi connectivity index (χ2n) is 12.2. The summed E-state index contributed by atoms with van der Waals surface area (Å²) >= 11 is 0. The van der Waals surface area contributed by atoms with Crippen molar-refractivity contribution in [2.45, 2.75) is 77.6 Å². The summed E-state index contributed by atoms with van der Waals surface area (Å²) in [7, 11) is 0. The molecule has 194 valence electrons. The van der Waals surface area contributed by atoms with Crippen molar-refractivity contribution < 1.29 is 34.4 Å². The normalized spacial score (nSPS) is 48.2. The zero-order chi connectivity index (χ0) is 25.3. The molecule has 0 radical (unpaired) electrons. The standard InChI is InChI=1S/C28H40O7/c1-15-11-22(35-25(33)17(15)12-29)16(2)19-5-6-20-18-13-34-27(4)23(31)7-8-24(32)28(27,14-30)21(18)9-10-26(19,20)3/h7-8,16,18-23,29-31H,5-6,9-14H2,1-4H3/t16-,18-,19?,20-,21-,22+,23-,26+,27-,28-/m0/s1. The molecule has 0 aromatic rings. The van der Waals surface area contributed by atoms with Gasteiger partial charge in [0.05, 0.1) is 30.8 Å². The first-order valence-corrected chi connectivity index (χ1v) is 13.2. The summed E-state index contributed by atoms with van der Waals surface area (Å²) in [5.41, 5.74) is -0.942. The third-order valence-electron chi connectivity index (χ3n) is 11.2. The first-order valence-electron chi connectivity index (χ1n) is 13.2. The van der Waals surface area contributed by atoms with Crippen molar-refractivity contribution >= 4 is 11.8 Å². The average Bonchev–Trinajstić information content (AvgIpc) is 3.18. The Balaban J connectivity index is 1.42. The number of fused-ring (bicyclic) bond motifs is 5. The molecule has 1 unspecified atom stereocenters. The van der Waals surface area contributed by atoms with Gasteiger partial charge in [-0.25, -0.2) is 4.79 Å². The van der Waals surface area contributed by atoms with Crippen molar-refractivity contribution in [1.82, 2.24) is 0 Å². The van der Waals surface area contributed by atoms with Gasteiger partial charge in [-0.2, -0.15) is 0 Å². The molecule has 3 fully saturated rings. The molecule has 0 aromatic carbocycles. The first kappa shape index (κ1) is 25.1. The maximum atomic E-state index is 13.3. The number of aliphatic hydroxyl groups excluding tert-OH is 3. The Labute approximate surface area is 207 Å². The van der Waals surface area contributed by atoms with Gasteiger partial charge in [0.15, 0.2) is 5.78 Å². The van der Waals surface area contributed by atoms with Crippen LogP contribution >= 0.6 is 0 Å². The van der Waals surface area contributed by atoms with Crippen LogP contribution in [0.15, 0.2) is 23.3 Å². The molecule has 3 N–H and O–H groups in total. The van der Waals surface area contributed by atoms with Crippen molar-refractivity contribution in [2.75, 3.05) is 19.8 Å². The number of rotatable bonds is 4. The van der Waals surface area contributed by atoms with Gasteiger partial charge in [0, 0.05) is 6.42 Å². The maximum absolute atomic E-state index is 13.3. The van der Waals surface area contributed by atoms with Gasteiger partial charge in [0.1, 0.15) is 17.8 Å². The van der Waals surface area contributed by atoms with E-state index in [-0.39, 0.29) is 48.3 Å². The number of carbonyl (C=O) groups is 2. The Morgan fingerprint density at radius 1 is 1.14 bits per heavy atom. The fourth-order valence-corrected chi connectivity index (χ4v) is 9.04. The van der Waals surface area contributed by atoms with Crippen LogP contribution < -0.4 is 0 Å². The second kappa shape index (κ2) is 8.51. The summed E-state index contributed by atoms with van der Waals surface area (Å²) in [6, 6.07) is 0. The lowest BCUT2D eigenvalue weighted by molar-refractivity contribution is -0.267. The fourth-order valence-electron chi connectivity index (χ4n) is 9.04. The minimum absolute atomic E-state index is 0.0157. The highest BCUT2D eigenvalue weighted by Gasteiger charge is 2.70. The molecule has 7 heteroatoms. The van der Waals surface area contributed by atoms with Crippen LogP contribution in [-0.4, -0.2) is 64.7 Å². The summed E-state index contributed by atoms with van der Waals surface area (Å²) in [5.74, 6) is 0.417. The van der Waals surface area contributed by atoms with E-state index in [2.05, 4.69) is 13.8 Å². The summed E-state index contributed by atoms with van der Waals surface area (Å²) < 4.78 is 12.2. The summed E-state index contributed by atoms with van der Waals surface area (Å²) in [6.45, 7) is 8.10. The van der Waals surface area contributed by atoms with Gasteiger partial charge in [-0.15, -0.1) is 0 Å². The number of cyclic esters (lactones) is 1. The predicted octanol–water partition coefficient (Wildman–Crippen LogP) is 2.57. The highest BCUT2D eigenvalue weighted by molar-refractivity contribution is 5.98. The van der Waals surface area contributed by atoms with Crippen LogP contribution in [-0.2, 0) is 19.1 Å². The molecule has 2 aliphatic heterocycles. The number of hydrogen-bond acceptors (Lipinski definition) is 7. The van der Waals surface area contributed by atoms with Crippen LogP contribution in [0.4, 0.5) is 0 Å². The van der Waals surface area contributed by atoms with Gasteiger partial charge in [-0.05, 0) is 86.7 Å². The zero-order valence-electron chi connectivity index (χ0n) is 21.3. The van der Waals surface area contributed by atoms with Crippen molar-refractivity contribution in [1.29, 1.82) is 0 Å². The largest absolute Gasteiger partial charge is 0.458 e. The molecule has 0 spiro atoms. The lowest BCUT2D eigenvalue weighted by atomic mass is 9.46. The van der Waals surface area contributed by atoms with E-state index in [4.69, 9.17) is 9.47 Å². The van der Waals surface area contributed by atoms with E-state index in [1.165, 1.54) is 12.2 Å². The molecule has 0 bridgehead atoms. The van der Waals surface area contributed by atoms with E-state index < -0.39 is 23.1 Å². The summed E-state index contributed by atoms with van der Waals surface area (Å²) in [4.78, 5) is 25.8. The highest BCUT2D eigenvalue weighted by Crippen LogP contribution is 2.67. The minimum Gasteiger partial charge on any atom is -0.458 e. The van der Waals surface area contributed by atoms with Crippen LogP contribution in [0.2, 0.25) is 0 Å². The Bertz CT molecular complexity index is 970. The topological polar surface area (TPSA) is 113 Å². The van der Waals surface area contributed by atoms with Crippen LogP contribution in [0, 0.1) is 40.4 Å². The molecule has 35 heavy (non-hydrogen) atoms. The molecule has 5 aliphatic rings.